The molecule has 0 atom stereocenters. The molecule has 7 heteroatoms. The monoisotopic (exact) mass is 301 g/mol. The molecule has 1 aliphatic rings. The van der Waals surface area contributed by atoms with Crippen molar-refractivity contribution in [1.29, 1.82) is 0 Å². The van der Waals surface area contributed by atoms with Crippen LogP contribution >= 0.6 is 0 Å². The van der Waals surface area contributed by atoms with Gasteiger partial charge in [0.15, 0.2) is 0 Å². The Labute approximate surface area is 128 Å². The zero-order chi connectivity index (χ0) is 15.7. The summed E-state index contributed by atoms with van der Waals surface area (Å²) in [6.45, 7) is 5.26. The van der Waals surface area contributed by atoms with Crippen LogP contribution in [0.4, 0.5) is 10.5 Å². The van der Waals surface area contributed by atoms with E-state index in [1.165, 1.54) is 0 Å². The lowest BCUT2D eigenvalue weighted by Gasteiger charge is -2.37. The largest absolute Gasteiger partial charge is 0.450 e. The minimum Gasteiger partial charge on any atom is -0.450 e. The number of carbonyl (C=O) groups excluding carboxylic acids is 1. The van der Waals surface area contributed by atoms with Crippen LogP contribution < -0.4 is 5.73 Å². The van der Waals surface area contributed by atoms with Gasteiger partial charge in [-0.15, -0.1) is 0 Å². The summed E-state index contributed by atoms with van der Waals surface area (Å²) in [5, 5.41) is 1.04. The van der Waals surface area contributed by atoms with Gasteiger partial charge in [-0.05, 0) is 25.5 Å². The Morgan fingerprint density at radius 3 is 3.09 bits per heavy atom. The Bertz CT molecular complexity index is 731. The number of hydrogen-bond acceptors (Lipinski definition) is 4. The molecule has 0 bridgehead atoms. The van der Waals surface area contributed by atoms with E-state index in [2.05, 4.69) is 15.0 Å². The number of rotatable bonds is 3. The zero-order valence-electron chi connectivity index (χ0n) is 12.7. The molecule has 7 nitrogen and oxygen atoms in total. The summed E-state index contributed by atoms with van der Waals surface area (Å²) in [4.78, 5) is 25.0. The van der Waals surface area contributed by atoms with E-state index in [1.807, 2.05) is 19.2 Å². The van der Waals surface area contributed by atoms with Gasteiger partial charge in [-0.25, -0.2) is 14.8 Å². The maximum absolute atomic E-state index is 11.5. The molecule has 1 aliphatic heterocycles. The molecule has 116 valence electrons. The second kappa shape index (κ2) is 5.67. The lowest BCUT2D eigenvalue weighted by atomic mass is 9.99. The molecular weight excluding hydrogens is 282 g/mol. The summed E-state index contributed by atoms with van der Waals surface area (Å²) in [7, 11) is 0. The van der Waals surface area contributed by atoms with Crippen LogP contribution in [-0.4, -0.2) is 46.5 Å². The number of hydrogen-bond donors (Lipinski definition) is 2. The maximum atomic E-state index is 11.5. The number of carbonyl (C=O) groups is 1. The Morgan fingerprint density at radius 1 is 1.59 bits per heavy atom. The van der Waals surface area contributed by atoms with Crippen LogP contribution in [0.2, 0.25) is 0 Å². The van der Waals surface area contributed by atoms with Crippen molar-refractivity contribution < 1.29 is 9.53 Å². The van der Waals surface area contributed by atoms with E-state index in [4.69, 9.17) is 10.5 Å². The molecule has 2 aromatic rings. The summed E-state index contributed by atoms with van der Waals surface area (Å²) >= 11 is 0. The third kappa shape index (κ3) is 2.49. The lowest BCUT2D eigenvalue weighted by Crippen LogP contribution is -2.54. The first-order valence-electron chi connectivity index (χ1n) is 7.28. The third-order valence-corrected chi connectivity index (χ3v) is 3.90. The van der Waals surface area contributed by atoms with Crippen molar-refractivity contribution in [3.8, 4) is 0 Å². The number of nitrogens with zero attached hydrogens (tertiary/aromatic N) is 3. The van der Waals surface area contributed by atoms with Crippen molar-refractivity contribution in [3.63, 3.8) is 0 Å². The third-order valence-electron chi connectivity index (χ3n) is 3.90. The average Bonchev–Trinajstić information content (AvgIpc) is 2.90. The van der Waals surface area contributed by atoms with E-state index in [1.54, 1.807) is 18.0 Å². The summed E-state index contributed by atoms with van der Waals surface area (Å²) in [5.74, 6) is 0.603. The predicted octanol–water partition coefficient (Wildman–Crippen LogP) is 1.95. The molecule has 0 saturated carbocycles. The molecule has 0 spiro atoms. The standard InChI is InChI=1S/C15H19N5O2/c1-3-22-15(21)20-7-10(8-20)13(16)19-12-6-18-14-11(9(12)2)4-5-17-14/h4-6,10H,3,7-8H2,1-2H3,(H2,16,19)(H,17,18). The van der Waals surface area contributed by atoms with Crippen LogP contribution in [0, 0.1) is 12.8 Å². The molecule has 1 saturated heterocycles. The normalized spacial score (nSPS) is 15.9. The number of likely N-dealkylation sites (tertiary alicyclic amines) is 1. The molecule has 3 N–H and O–H groups in total. The molecule has 3 rings (SSSR count). The highest BCUT2D eigenvalue weighted by Gasteiger charge is 2.34. The first kappa shape index (κ1) is 14.4. The Kier molecular flexibility index (Phi) is 3.70. The van der Waals surface area contributed by atoms with Crippen LogP contribution in [0.1, 0.15) is 12.5 Å². The van der Waals surface area contributed by atoms with Crippen molar-refractivity contribution in [2.75, 3.05) is 19.7 Å². The minimum absolute atomic E-state index is 0.0747. The number of pyridine rings is 1. The Hall–Kier alpha value is -2.57. The van der Waals surface area contributed by atoms with Crippen molar-refractivity contribution in [2.24, 2.45) is 16.6 Å². The van der Waals surface area contributed by atoms with E-state index < -0.39 is 0 Å². The Morgan fingerprint density at radius 2 is 2.36 bits per heavy atom. The fourth-order valence-electron chi connectivity index (χ4n) is 2.50. The van der Waals surface area contributed by atoms with Crippen LogP contribution in [0.3, 0.4) is 0 Å². The molecule has 2 aromatic heterocycles. The number of amidine groups is 1. The SMILES string of the molecule is CCOC(=O)N1CC(C(N)=Nc2cnc3[nH]ccc3c2C)C1. The first-order valence-corrected chi connectivity index (χ1v) is 7.28. The number of ether oxygens (including phenoxy) is 1. The van der Waals surface area contributed by atoms with Crippen LogP contribution in [0.15, 0.2) is 23.5 Å². The van der Waals surface area contributed by atoms with Gasteiger partial charge in [-0.1, -0.05) is 0 Å². The molecular formula is C15H19N5O2. The minimum atomic E-state index is -0.293. The number of aliphatic imine (C=N–C) groups is 1. The van der Waals surface area contributed by atoms with E-state index >= 15 is 0 Å². The summed E-state index contributed by atoms with van der Waals surface area (Å²) in [6.07, 6.45) is 3.27. The number of aryl methyl sites for hydroxylation is 1. The molecule has 0 radical (unpaired) electrons. The van der Waals surface area contributed by atoms with Gasteiger partial charge in [-0.2, -0.15) is 0 Å². The first-order chi connectivity index (χ1) is 10.6. The fourth-order valence-corrected chi connectivity index (χ4v) is 2.50. The quantitative estimate of drug-likeness (QED) is 0.669. The van der Waals surface area contributed by atoms with Crippen molar-refractivity contribution in [2.45, 2.75) is 13.8 Å². The van der Waals surface area contributed by atoms with Gasteiger partial charge in [0.2, 0.25) is 0 Å². The smallest absolute Gasteiger partial charge is 0.409 e. The van der Waals surface area contributed by atoms with Crippen molar-refractivity contribution >= 4 is 28.6 Å². The topological polar surface area (TPSA) is 96.6 Å². The molecule has 22 heavy (non-hydrogen) atoms. The molecule has 1 fully saturated rings. The second-order valence-electron chi connectivity index (χ2n) is 5.35. The zero-order valence-corrected chi connectivity index (χ0v) is 12.7. The molecule has 0 aliphatic carbocycles. The molecule has 0 unspecified atom stereocenters. The van der Waals surface area contributed by atoms with Crippen LogP contribution in [0.5, 0.6) is 0 Å². The van der Waals surface area contributed by atoms with Gasteiger partial charge in [0.1, 0.15) is 11.5 Å². The summed E-state index contributed by atoms with van der Waals surface area (Å²) in [5.41, 5.74) is 8.71. The highest BCUT2D eigenvalue weighted by molar-refractivity contribution is 5.90. The van der Waals surface area contributed by atoms with Gasteiger partial charge in [0, 0.05) is 24.7 Å². The van der Waals surface area contributed by atoms with Gasteiger partial charge in [-0.3, -0.25) is 0 Å². The van der Waals surface area contributed by atoms with Crippen molar-refractivity contribution in [1.82, 2.24) is 14.9 Å². The fraction of sp³-hybridized carbons (Fsp3) is 0.400. The van der Waals surface area contributed by atoms with E-state index in [0.29, 0.717) is 25.5 Å². The van der Waals surface area contributed by atoms with Crippen LogP contribution in [0.25, 0.3) is 11.0 Å². The van der Waals surface area contributed by atoms with E-state index in [-0.39, 0.29) is 12.0 Å². The van der Waals surface area contributed by atoms with Gasteiger partial charge in [0.05, 0.1) is 24.4 Å². The average molecular weight is 301 g/mol. The number of nitrogens with one attached hydrogen (secondary N) is 1. The van der Waals surface area contributed by atoms with Gasteiger partial charge < -0.3 is 20.4 Å². The number of fused-ring (bicyclic) bond motifs is 1. The van der Waals surface area contributed by atoms with Gasteiger partial charge >= 0.3 is 6.09 Å². The molecule has 1 amide bonds. The highest BCUT2D eigenvalue weighted by atomic mass is 16.6. The number of H-pyrrole nitrogens is 1. The second-order valence-corrected chi connectivity index (χ2v) is 5.35. The number of amides is 1. The predicted molar refractivity (Wildman–Crippen MR) is 84.2 cm³/mol. The maximum Gasteiger partial charge on any atom is 0.409 e. The van der Waals surface area contributed by atoms with E-state index in [9.17, 15) is 4.79 Å². The lowest BCUT2D eigenvalue weighted by molar-refractivity contribution is 0.0727. The van der Waals surface area contributed by atoms with Gasteiger partial charge in [0.25, 0.3) is 0 Å². The molecule has 3 heterocycles. The molecule has 0 aromatic carbocycles. The number of aromatic amines is 1. The number of nitrogens with two attached hydrogens (primary N) is 1. The Balaban J connectivity index is 1.72. The number of aromatic nitrogens is 2. The van der Waals surface area contributed by atoms with Crippen LogP contribution in [-0.2, 0) is 4.74 Å². The highest BCUT2D eigenvalue weighted by Crippen LogP contribution is 2.26. The summed E-state index contributed by atoms with van der Waals surface area (Å²) in [6, 6.07) is 1.97. The van der Waals surface area contributed by atoms with E-state index in [0.717, 1.165) is 22.3 Å². The van der Waals surface area contributed by atoms with Crippen molar-refractivity contribution in [3.05, 3.63) is 24.0 Å². The summed E-state index contributed by atoms with van der Waals surface area (Å²) < 4.78 is 4.94.